The fourth-order valence-corrected chi connectivity index (χ4v) is 4.23. The minimum atomic E-state index is -0.608. The molecular weight excluding hydrogens is 448 g/mol. The topological polar surface area (TPSA) is 82.6 Å². The van der Waals surface area contributed by atoms with Gasteiger partial charge >= 0.3 is 0 Å². The molecule has 0 saturated heterocycles. The van der Waals surface area contributed by atoms with Gasteiger partial charge in [0.2, 0.25) is 0 Å². The number of ketones is 1. The Labute approximate surface area is 182 Å². The Kier molecular flexibility index (Phi) is 5.39. The van der Waals surface area contributed by atoms with Gasteiger partial charge in [-0.05, 0) is 54.8 Å². The van der Waals surface area contributed by atoms with Crippen LogP contribution in [0.1, 0.15) is 24.1 Å². The van der Waals surface area contributed by atoms with Gasteiger partial charge in [0.1, 0.15) is 5.75 Å². The highest BCUT2D eigenvalue weighted by Gasteiger charge is 2.42. The van der Waals surface area contributed by atoms with Gasteiger partial charge in [-0.15, -0.1) is 0 Å². The summed E-state index contributed by atoms with van der Waals surface area (Å²) in [7, 11) is 1.62. The smallest absolute Gasteiger partial charge is 0.290 e. The van der Waals surface area contributed by atoms with Crippen molar-refractivity contribution in [2.75, 3.05) is 13.7 Å². The van der Waals surface area contributed by atoms with E-state index in [4.69, 9.17) is 4.74 Å². The number of fused-ring (bicyclic) bond motifs is 1. The number of carbonyl (C=O) groups is 2. The Hall–Kier alpha value is -3.06. The molecule has 2 heterocycles. The molecular formula is C23H21BrN2O4. The number of carbonyl (C=O) groups excluding carboxylic acids is 2. The molecule has 2 N–H and O–H groups in total. The average Bonchev–Trinajstić information content (AvgIpc) is 3.25. The van der Waals surface area contributed by atoms with Crippen molar-refractivity contribution in [2.45, 2.75) is 19.4 Å². The lowest BCUT2D eigenvalue weighted by atomic mass is 9.96. The van der Waals surface area contributed by atoms with E-state index < -0.39 is 17.7 Å². The third kappa shape index (κ3) is 3.50. The number of H-pyrrole nitrogens is 1. The zero-order valence-electron chi connectivity index (χ0n) is 16.6. The number of aliphatic hydroxyl groups excluding tert-OH is 1. The van der Waals surface area contributed by atoms with E-state index in [-0.39, 0.29) is 11.4 Å². The fourth-order valence-electron chi connectivity index (χ4n) is 3.97. The van der Waals surface area contributed by atoms with E-state index >= 15 is 0 Å². The van der Waals surface area contributed by atoms with Gasteiger partial charge in [0.05, 0.1) is 18.7 Å². The number of nitrogens with one attached hydrogen (secondary N) is 1. The summed E-state index contributed by atoms with van der Waals surface area (Å²) in [6.45, 7) is 1.73. The molecule has 1 amide bonds. The van der Waals surface area contributed by atoms with Crippen LogP contribution in [0.25, 0.3) is 10.9 Å². The van der Waals surface area contributed by atoms with Crippen molar-refractivity contribution < 1.29 is 19.4 Å². The average molecular weight is 469 g/mol. The number of nitrogens with zero attached hydrogens (tertiary/aromatic N) is 1. The summed E-state index contributed by atoms with van der Waals surface area (Å²) in [5, 5.41) is 11.4. The molecule has 0 radical (unpaired) electrons. The molecule has 0 bridgehead atoms. The van der Waals surface area contributed by atoms with Crippen molar-refractivity contribution in [3.05, 3.63) is 75.6 Å². The lowest BCUT2D eigenvalue weighted by Crippen LogP contribution is -2.32. The predicted octanol–water partition coefficient (Wildman–Crippen LogP) is 4.47. The number of methoxy groups -OCH3 is 1. The van der Waals surface area contributed by atoms with Gasteiger partial charge in [0, 0.05) is 28.1 Å². The molecule has 2 aromatic carbocycles. The lowest BCUT2D eigenvalue weighted by Gasteiger charge is -2.26. The van der Waals surface area contributed by atoms with E-state index in [1.165, 1.54) is 6.92 Å². The van der Waals surface area contributed by atoms with Gasteiger partial charge in [-0.2, -0.15) is 0 Å². The fraction of sp³-hybridized carbons (Fsp3) is 0.217. The number of ether oxygens (including phenoxy) is 1. The molecule has 1 aliphatic rings. The molecule has 0 spiro atoms. The van der Waals surface area contributed by atoms with Gasteiger partial charge in [-0.1, -0.05) is 28.1 Å². The first-order valence-corrected chi connectivity index (χ1v) is 10.3. The van der Waals surface area contributed by atoms with E-state index in [0.717, 1.165) is 32.3 Å². The van der Waals surface area contributed by atoms with Crippen LogP contribution >= 0.6 is 15.9 Å². The van der Waals surface area contributed by atoms with Crippen LogP contribution < -0.4 is 4.74 Å². The van der Waals surface area contributed by atoms with Crippen molar-refractivity contribution in [3.8, 4) is 5.75 Å². The summed E-state index contributed by atoms with van der Waals surface area (Å²) >= 11 is 3.41. The summed E-state index contributed by atoms with van der Waals surface area (Å²) in [6.07, 6.45) is 2.48. The van der Waals surface area contributed by atoms with Crippen molar-refractivity contribution in [3.63, 3.8) is 0 Å². The number of hydrogen-bond acceptors (Lipinski definition) is 4. The molecule has 6 nitrogen and oxygen atoms in total. The van der Waals surface area contributed by atoms with E-state index in [1.54, 1.807) is 12.0 Å². The standard InChI is InChI=1S/C23H21BrN2O4/c1-13(27)20-21(14-3-5-16(24)6-4-14)26(23(29)22(20)28)10-9-15-12-25-19-8-7-17(30-2)11-18(15)19/h3-8,11-12,21,25,28H,9-10H2,1-2H3. The van der Waals surface area contributed by atoms with Crippen molar-refractivity contribution in [1.29, 1.82) is 0 Å². The van der Waals surface area contributed by atoms with Gasteiger partial charge in [0.25, 0.3) is 5.91 Å². The monoisotopic (exact) mass is 468 g/mol. The minimum absolute atomic E-state index is 0.142. The number of aromatic amines is 1. The highest BCUT2D eigenvalue weighted by atomic mass is 79.9. The van der Waals surface area contributed by atoms with E-state index in [0.29, 0.717) is 13.0 Å². The number of aromatic nitrogens is 1. The summed E-state index contributed by atoms with van der Waals surface area (Å²) in [6, 6.07) is 12.6. The molecule has 1 unspecified atom stereocenters. The molecule has 7 heteroatoms. The first kappa shape index (κ1) is 20.2. The Morgan fingerprint density at radius 1 is 1.23 bits per heavy atom. The Morgan fingerprint density at radius 2 is 1.97 bits per heavy atom. The molecule has 0 fully saturated rings. The quantitative estimate of drug-likeness (QED) is 0.559. The maximum atomic E-state index is 12.8. The number of rotatable bonds is 6. The Morgan fingerprint density at radius 3 is 2.63 bits per heavy atom. The minimum Gasteiger partial charge on any atom is -0.503 e. The van der Waals surface area contributed by atoms with Crippen LogP contribution in [0.3, 0.4) is 0 Å². The third-order valence-corrected chi connectivity index (χ3v) is 5.99. The summed E-state index contributed by atoms with van der Waals surface area (Å²) in [4.78, 5) is 29.9. The second kappa shape index (κ2) is 7.99. The SMILES string of the molecule is COc1ccc2[nH]cc(CCN3C(=O)C(O)=C(C(C)=O)C3c3ccc(Br)cc3)c2c1. The highest BCUT2D eigenvalue weighted by molar-refractivity contribution is 9.10. The second-order valence-electron chi connectivity index (χ2n) is 7.25. The number of hydrogen-bond donors (Lipinski definition) is 2. The third-order valence-electron chi connectivity index (χ3n) is 5.47. The van der Waals surface area contributed by atoms with E-state index in [9.17, 15) is 14.7 Å². The maximum absolute atomic E-state index is 12.8. The van der Waals surface area contributed by atoms with Crippen molar-refractivity contribution in [1.82, 2.24) is 9.88 Å². The van der Waals surface area contributed by atoms with Crippen LogP contribution in [0.5, 0.6) is 5.75 Å². The van der Waals surface area contributed by atoms with E-state index in [1.807, 2.05) is 48.7 Å². The summed E-state index contributed by atoms with van der Waals surface area (Å²) in [5.41, 5.74) is 2.93. The molecule has 30 heavy (non-hydrogen) atoms. The first-order valence-electron chi connectivity index (χ1n) is 9.55. The van der Waals surface area contributed by atoms with E-state index in [2.05, 4.69) is 20.9 Å². The van der Waals surface area contributed by atoms with Crippen molar-refractivity contribution >= 4 is 38.5 Å². The lowest BCUT2D eigenvalue weighted by molar-refractivity contribution is -0.129. The molecule has 0 aliphatic carbocycles. The normalized spacial score (nSPS) is 16.6. The van der Waals surface area contributed by atoms with Gasteiger partial charge in [-0.3, -0.25) is 9.59 Å². The molecule has 3 aromatic rings. The number of aliphatic hydroxyl groups is 1. The maximum Gasteiger partial charge on any atom is 0.290 e. The molecule has 0 saturated carbocycles. The number of halogens is 1. The van der Waals surface area contributed by atoms with Gasteiger partial charge in [0.15, 0.2) is 11.5 Å². The molecule has 154 valence electrons. The van der Waals surface area contributed by atoms with Crippen LogP contribution in [-0.4, -0.2) is 40.3 Å². The number of benzene rings is 2. The number of amides is 1. The zero-order valence-corrected chi connectivity index (χ0v) is 18.2. The van der Waals surface area contributed by atoms with Gasteiger partial charge in [-0.25, -0.2) is 0 Å². The first-order chi connectivity index (χ1) is 14.4. The summed E-state index contributed by atoms with van der Waals surface area (Å²) in [5.74, 6) is -0.541. The largest absolute Gasteiger partial charge is 0.503 e. The highest BCUT2D eigenvalue weighted by Crippen LogP contribution is 2.38. The van der Waals surface area contributed by atoms with Crippen LogP contribution in [-0.2, 0) is 16.0 Å². The molecule has 1 aromatic heterocycles. The molecule has 4 rings (SSSR count). The Balaban J connectivity index is 1.66. The number of Topliss-reactive ketones (excluding diaryl/α,β-unsaturated/α-hetero) is 1. The van der Waals surface area contributed by atoms with Crippen LogP contribution in [0, 0.1) is 0 Å². The molecule has 1 atom stereocenters. The van der Waals surface area contributed by atoms with Crippen LogP contribution in [0.4, 0.5) is 0 Å². The van der Waals surface area contributed by atoms with Gasteiger partial charge < -0.3 is 19.7 Å². The Bertz CT molecular complexity index is 1160. The second-order valence-corrected chi connectivity index (χ2v) is 8.16. The van der Waals surface area contributed by atoms with Crippen LogP contribution in [0.2, 0.25) is 0 Å². The predicted molar refractivity (Wildman–Crippen MR) is 117 cm³/mol. The molecule has 1 aliphatic heterocycles. The summed E-state index contributed by atoms with van der Waals surface area (Å²) < 4.78 is 6.22. The van der Waals surface area contributed by atoms with Crippen molar-refractivity contribution in [2.24, 2.45) is 0 Å². The zero-order chi connectivity index (χ0) is 21.4. The van der Waals surface area contributed by atoms with Crippen LogP contribution in [0.15, 0.2) is 64.5 Å².